The van der Waals surface area contributed by atoms with Gasteiger partial charge in [0.05, 0.1) is 5.56 Å². The Morgan fingerprint density at radius 2 is 1.81 bits per heavy atom. The second-order valence-corrected chi connectivity index (χ2v) is 6.77. The van der Waals surface area contributed by atoms with Gasteiger partial charge in [0.15, 0.2) is 5.65 Å². The number of amides is 1. The van der Waals surface area contributed by atoms with Crippen LogP contribution in [0.25, 0.3) is 27.9 Å². The molecule has 0 spiro atoms. The standard InChI is InChI=1S/C21H13F3N6O/c22-21(23,24)14-6-2-1-5-13(14)15-11-12-8-9-16(26-18(12)25-15)27-20(31)19-29-28-17-7-3-4-10-30(17)19/h1-11H,(H2,25,26,27,31). The van der Waals surface area contributed by atoms with Crippen LogP contribution in [-0.2, 0) is 6.18 Å². The zero-order valence-electron chi connectivity index (χ0n) is 15.7. The second-order valence-electron chi connectivity index (χ2n) is 6.77. The number of benzene rings is 1. The second kappa shape index (κ2) is 6.94. The molecule has 5 aromatic rings. The molecule has 0 bridgehead atoms. The van der Waals surface area contributed by atoms with E-state index in [1.807, 2.05) is 0 Å². The first-order valence-corrected chi connectivity index (χ1v) is 9.17. The maximum absolute atomic E-state index is 13.4. The first kappa shape index (κ1) is 18.8. The van der Waals surface area contributed by atoms with Crippen LogP contribution in [0.4, 0.5) is 19.0 Å². The number of nitrogens with zero attached hydrogens (tertiary/aromatic N) is 4. The summed E-state index contributed by atoms with van der Waals surface area (Å²) in [7, 11) is 0. The molecule has 154 valence electrons. The molecule has 0 saturated carbocycles. The van der Waals surface area contributed by atoms with Gasteiger partial charge in [-0.2, -0.15) is 13.2 Å². The molecule has 0 aliphatic carbocycles. The van der Waals surface area contributed by atoms with Crippen LogP contribution in [0.3, 0.4) is 0 Å². The number of fused-ring (bicyclic) bond motifs is 2. The van der Waals surface area contributed by atoms with E-state index in [1.165, 1.54) is 22.6 Å². The van der Waals surface area contributed by atoms with Crippen molar-refractivity contribution in [1.82, 2.24) is 24.6 Å². The van der Waals surface area contributed by atoms with Crippen molar-refractivity contribution in [2.75, 3.05) is 5.32 Å². The fourth-order valence-corrected chi connectivity index (χ4v) is 3.35. The summed E-state index contributed by atoms with van der Waals surface area (Å²) in [5.74, 6) is -0.203. The average molecular weight is 422 g/mol. The van der Waals surface area contributed by atoms with Gasteiger partial charge in [-0.3, -0.25) is 9.20 Å². The molecule has 2 N–H and O–H groups in total. The van der Waals surface area contributed by atoms with Crippen LogP contribution >= 0.6 is 0 Å². The average Bonchev–Trinajstić information content (AvgIpc) is 3.37. The molecule has 31 heavy (non-hydrogen) atoms. The van der Waals surface area contributed by atoms with Crippen molar-refractivity contribution in [3.8, 4) is 11.3 Å². The number of carbonyl (C=O) groups is 1. The van der Waals surface area contributed by atoms with E-state index < -0.39 is 17.6 Å². The molecule has 0 radical (unpaired) electrons. The fraction of sp³-hybridized carbons (Fsp3) is 0.0476. The van der Waals surface area contributed by atoms with Gasteiger partial charge >= 0.3 is 6.18 Å². The molecule has 1 amide bonds. The minimum absolute atomic E-state index is 0.0218. The molecular formula is C21H13F3N6O. The van der Waals surface area contributed by atoms with Gasteiger partial charge < -0.3 is 10.3 Å². The van der Waals surface area contributed by atoms with Crippen LogP contribution in [0.15, 0.2) is 66.9 Å². The van der Waals surface area contributed by atoms with Crippen LogP contribution in [0.2, 0.25) is 0 Å². The van der Waals surface area contributed by atoms with Gasteiger partial charge in [-0.1, -0.05) is 24.3 Å². The molecule has 0 unspecified atom stereocenters. The molecule has 10 heteroatoms. The third-order valence-corrected chi connectivity index (χ3v) is 4.76. The Balaban J connectivity index is 1.47. The monoisotopic (exact) mass is 422 g/mol. The molecular weight excluding hydrogens is 409 g/mol. The third kappa shape index (κ3) is 3.37. The number of aromatic nitrogens is 5. The van der Waals surface area contributed by atoms with Gasteiger partial charge in [-0.05, 0) is 36.4 Å². The van der Waals surface area contributed by atoms with Crippen LogP contribution < -0.4 is 5.32 Å². The number of carbonyl (C=O) groups excluding carboxylic acids is 1. The molecule has 0 saturated heterocycles. The summed E-state index contributed by atoms with van der Waals surface area (Å²) in [6, 6.07) is 15.4. The summed E-state index contributed by atoms with van der Waals surface area (Å²) in [6.07, 6.45) is -2.82. The molecule has 1 aromatic carbocycles. The normalized spacial score (nSPS) is 11.8. The number of nitrogens with one attached hydrogen (secondary N) is 2. The lowest BCUT2D eigenvalue weighted by molar-refractivity contribution is -0.137. The van der Waals surface area contributed by atoms with Crippen LogP contribution in [-0.4, -0.2) is 30.5 Å². The van der Waals surface area contributed by atoms with Gasteiger partial charge in [-0.25, -0.2) is 4.98 Å². The van der Waals surface area contributed by atoms with E-state index in [-0.39, 0.29) is 22.9 Å². The van der Waals surface area contributed by atoms with E-state index >= 15 is 0 Å². The number of halogens is 3. The van der Waals surface area contributed by atoms with Crippen molar-refractivity contribution in [2.24, 2.45) is 0 Å². The number of hydrogen-bond donors (Lipinski definition) is 2. The zero-order chi connectivity index (χ0) is 21.6. The summed E-state index contributed by atoms with van der Waals surface area (Å²) >= 11 is 0. The minimum atomic E-state index is -4.48. The topological polar surface area (TPSA) is 88.0 Å². The first-order chi connectivity index (χ1) is 14.9. The van der Waals surface area contributed by atoms with Crippen LogP contribution in [0.1, 0.15) is 16.2 Å². The highest BCUT2D eigenvalue weighted by atomic mass is 19.4. The lowest BCUT2D eigenvalue weighted by atomic mass is 10.0. The number of alkyl halides is 3. The van der Waals surface area contributed by atoms with E-state index in [9.17, 15) is 18.0 Å². The van der Waals surface area contributed by atoms with E-state index in [2.05, 4.69) is 25.5 Å². The lowest BCUT2D eigenvalue weighted by Crippen LogP contribution is -2.16. The molecule has 0 atom stereocenters. The predicted octanol–water partition coefficient (Wildman–Crippen LogP) is 4.54. The molecule has 5 rings (SSSR count). The van der Waals surface area contributed by atoms with Crippen molar-refractivity contribution in [3.63, 3.8) is 0 Å². The zero-order valence-corrected chi connectivity index (χ0v) is 15.7. The molecule has 4 aromatic heterocycles. The van der Waals surface area contributed by atoms with E-state index in [0.717, 1.165) is 6.07 Å². The Labute approximate surface area is 172 Å². The Hall–Kier alpha value is -4.21. The number of hydrogen-bond acceptors (Lipinski definition) is 4. The van der Waals surface area contributed by atoms with Gasteiger partial charge in [0.1, 0.15) is 11.5 Å². The van der Waals surface area contributed by atoms with Crippen molar-refractivity contribution >= 4 is 28.4 Å². The van der Waals surface area contributed by atoms with Gasteiger partial charge in [0.2, 0.25) is 5.82 Å². The van der Waals surface area contributed by atoms with Gasteiger partial charge in [0, 0.05) is 22.8 Å². The van der Waals surface area contributed by atoms with Gasteiger partial charge in [0.25, 0.3) is 5.91 Å². The van der Waals surface area contributed by atoms with Crippen molar-refractivity contribution in [2.45, 2.75) is 6.18 Å². The lowest BCUT2D eigenvalue weighted by Gasteiger charge is -2.11. The van der Waals surface area contributed by atoms with E-state index in [0.29, 0.717) is 16.7 Å². The summed E-state index contributed by atoms with van der Waals surface area (Å²) in [4.78, 5) is 19.8. The number of rotatable bonds is 3. The number of aromatic amines is 1. The molecule has 0 aliphatic heterocycles. The molecule has 0 fully saturated rings. The van der Waals surface area contributed by atoms with E-state index in [4.69, 9.17) is 0 Å². The fourth-order valence-electron chi connectivity index (χ4n) is 3.35. The summed E-state index contributed by atoms with van der Waals surface area (Å²) in [6.45, 7) is 0. The Morgan fingerprint density at radius 3 is 2.65 bits per heavy atom. The van der Waals surface area contributed by atoms with Crippen molar-refractivity contribution < 1.29 is 18.0 Å². The summed E-state index contributed by atoms with van der Waals surface area (Å²) in [5.41, 5.74) is 0.425. The molecule has 4 heterocycles. The quantitative estimate of drug-likeness (QED) is 0.447. The SMILES string of the molecule is O=C(Nc1ccc2cc(-c3ccccc3C(F)(F)F)[nH]c2n1)c1nnc2ccccn12. The highest BCUT2D eigenvalue weighted by Crippen LogP contribution is 2.37. The van der Waals surface area contributed by atoms with E-state index in [1.54, 1.807) is 42.6 Å². The largest absolute Gasteiger partial charge is 0.417 e. The number of pyridine rings is 2. The van der Waals surface area contributed by atoms with Gasteiger partial charge in [-0.15, -0.1) is 10.2 Å². The minimum Gasteiger partial charge on any atom is -0.339 e. The van der Waals surface area contributed by atoms with Crippen LogP contribution in [0.5, 0.6) is 0 Å². The molecule has 0 aliphatic rings. The highest BCUT2D eigenvalue weighted by Gasteiger charge is 2.33. The summed E-state index contributed by atoms with van der Waals surface area (Å²) in [5, 5.41) is 11.1. The summed E-state index contributed by atoms with van der Waals surface area (Å²) < 4.78 is 41.6. The smallest absolute Gasteiger partial charge is 0.339 e. The molecule has 7 nitrogen and oxygen atoms in total. The number of H-pyrrole nitrogens is 1. The first-order valence-electron chi connectivity index (χ1n) is 9.17. The van der Waals surface area contributed by atoms with Crippen molar-refractivity contribution in [1.29, 1.82) is 0 Å². The van der Waals surface area contributed by atoms with Crippen LogP contribution in [0, 0.1) is 0 Å². The predicted molar refractivity (Wildman–Crippen MR) is 107 cm³/mol. The maximum Gasteiger partial charge on any atom is 0.417 e. The Morgan fingerprint density at radius 1 is 1.00 bits per heavy atom. The third-order valence-electron chi connectivity index (χ3n) is 4.76. The number of anilines is 1. The highest BCUT2D eigenvalue weighted by molar-refractivity contribution is 6.02. The Bertz CT molecular complexity index is 1440. The maximum atomic E-state index is 13.4. The Kier molecular flexibility index (Phi) is 4.21. The van der Waals surface area contributed by atoms with Crippen molar-refractivity contribution in [3.05, 3.63) is 78.2 Å².